The van der Waals surface area contributed by atoms with Crippen molar-refractivity contribution in [2.45, 2.75) is 25.3 Å². The van der Waals surface area contributed by atoms with Gasteiger partial charge in [-0.25, -0.2) is 0 Å². The predicted octanol–water partition coefficient (Wildman–Crippen LogP) is -0.0256. The van der Waals surface area contributed by atoms with Gasteiger partial charge in [0.2, 0.25) is 11.8 Å². The van der Waals surface area contributed by atoms with Gasteiger partial charge in [-0.1, -0.05) is 15.9 Å². The molecule has 0 saturated carbocycles. The van der Waals surface area contributed by atoms with E-state index >= 15 is 0 Å². The Kier molecular flexibility index (Phi) is 5.26. The lowest BCUT2D eigenvalue weighted by molar-refractivity contribution is -0.305. The van der Waals surface area contributed by atoms with Gasteiger partial charge in [0, 0.05) is 30.0 Å². The molecular formula is C17H17BrN3O5-. The first-order valence-corrected chi connectivity index (χ1v) is 9.05. The normalized spacial score (nSPS) is 19.3. The van der Waals surface area contributed by atoms with Gasteiger partial charge in [0.05, 0.1) is 17.8 Å². The minimum absolute atomic E-state index is 0.0729. The van der Waals surface area contributed by atoms with E-state index in [1.165, 1.54) is 9.80 Å². The van der Waals surface area contributed by atoms with E-state index in [9.17, 15) is 24.3 Å². The molecule has 0 aromatic heterocycles. The lowest BCUT2D eigenvalue weighted by Gasteiger charge is -2.39. The van der Waals surface area contributed by atoms with Crippen LogP contribution in [0.5, 0.6) is 0 Å². The summed E-state index contributed by atoms with van der Waals surface area (Å²) in [5, 5.41) is 13.2. The Hall–Kier alpha value is -2.42. The molecule has 0 unspecified atom stereocenters. The third kappa shape index (κ3) is 3.72. The summed E-state index contributed by atoms with van der Waals surface area (Å²) in [7, 11) is 0. The number of carbonyl (C=O) groups excluding carboxylic acids is 4. The second-order valence-electron chi connectivity index (χ2n) is 6.26. The molecule has 1 saturated heterocycles. The van der Waals surface area contributed by atoms with E-state index in [-0.39, 0.29) is 50.1 Å². The molecule has 0 aliphatic carbocycles. The molecule has 2 aliphatic rings. The first-order chi connectivity index (χ1) is 12.4. The molecule has 1 aromatic rings. The fraction of sp³-hybridized carbons (Fsp3) is 0.412. The molecule has 138 valence electrons. The van der Waals surface area contributed by atoms with Crippen molar-refractivity contribution >= 4 is 45.3 Å². The maximum Gasteiger partial charge on any atom is 0.256 e. The molecule has 0 bridgehead atoms. The van der Waals surface area contributed by atoms with Gasteiger partial charge in [0.15, 0.2) is 0 Å². The van der Waals surface area contributed by atoms with Gasteiger partial charge < -0.3 is 25.0 Å². The average molecular weight is 423 g/mol. The van der Waals surface area contributed by atoms with E-state index in [1.807, 2.05) is 0 Å². The van der Waals surface area contributed by atoms with Crippen molar-refractivity contribution in [3.8, 4) is 0 Å². The Morgan fingerprint density at radius 3 is 2.73 bits per heavy atom. The van der Waals surface area contributed by atoms with Crippen molar-refractivity contribution in [1.82, 2.24) is 9.80 Å². The zero-order valence-electron chi connectivity index (χ0n) is 13.9. The van der Waals surface area contributed by atoms with Crippen LogP contribution in [0.15, 0.2) is 22.7 Å². The van der Waals surface area contributed by atoms with E-state index in [0.29, 0.717) is 17.8 Å². The summed E-state index contributed by atoms with van der Waals surface area (Å²) >= 11 is 3.33. The Bertz CT molecular complexity index is 782. The Morgan fingerprint density at radius 1 is 1.23 bits per heavy atom. The number of rotatable bonds is 4. The number of nitrogens with zero attached hydrogens (tertiary/aromatic N) is 2. The molecule has 2 heterocycles. The molecule has 0 spiro atoms. The number of amides is 3. The van der Waals surface area contributed by atoms with Crippen molar-refractivity contribution in [3.05, 3.63) is 28.2 Å². The number of carboxylic acid groups (broad SMARTS) is 1. The monoisotopic (exact) mass is 422 g/mol. The molecule has 2 aliphatic heterocycles. The van der Waals surface area contributed by atoms with Crippen LogP contribution >= 0.6 is 15.9 Å². The number of hydrogen-bond donors (Lipinski definition) is 1. The van der Waals surface area contributed by atoms with Crippen molar-refractivity contribution in [2.24, 2.45) is 0 Å². The molecular weight excluding hydrogens is 406 g/mol. The van der Waals surface area contributed by atoms with Crippen LogP contribution in [0.1, 0.15) is 29.6 Å². The van der Waals surface area contributed by atoms with Crippen molar-refractivity contribution in [1.29, 1.82) is 0 Å². The van der Waals surface area contributed by atoms with Crippen LogP contribution in [-0.4, -0.2) is 59.2 Å². The summed E-state index contributed by atoms with van der Waals surface area (Å²) in [6, 6.07) is 4.30. The van der Waals surface area contributed by atoms with E-state index in [4.69, 9.17) is 0 Å². The Labute approximate surface area is 158 Å². The number of carboxylic acids is 1. The Morgan fingerprint density at radius 2 is 2.00 bits per heavy atom. The number of anilines is 1. The highest BCUT2D eigenvalue weighted by Gasteiger charge is 2.40. The van der Waals surface area contributed by atoms with Gasteiger partial charge in [-0.15, -0.1) is 0 Å². The summed E-state index contributed by atoms with van der Waals surface area (Å²) in [5.74, 6) is -2.02. The van der Waals surface area contributed by atoms with Crippen molar-refractivity contribution in [2.75, 3.05) is 25.0 Å². The number of hydrogen-bond acceptors (Lipinski definition) is 5. The maximum absolute atomic E-state index is 12.8. The summed E-state index contributed by atoms with van der Waals surface area (Å²) in [6.45, 7) is 0.648. The molecule has 1 atom stereocenters. The van der Waals surface area contributed by atoms with Gasteiger partial charge >= 0.3 is 0 Å². The van der Waals surface area contributed by atoms with E-state index in [1.54, 1.807) is 18.2 Å². The lowest BCUT2D eigenvalue weighted by atomic mass is 10.1. The van der Waals surface area contributed by atoms with Crippen LogP contribution in [0, 0.1) is 0 Å². The SMILES string of the molecule is O=C([O-])CCCC(=O)N1CCN2C(=O)c3cc(Br)ccc3NC(=O)[C@@H]2C1. The standard InChI is InChI=1S/C17H18BrN3O5/c18-10-4-5-12-11(8-10)17(26)21-7-6-20(9-13(21)16(25)19-12)14(22)2-1-3-15(23)24/h4-5,8,13H,1-3,6-7,9H2,(H,19,25)(H,23,24)/p-1/t13-/m0/s1. The molecule has 3 rings (SSSR count). The average Bonchev–Trinajstić information content (AvgIpc) is 2.70. The molecule has 1 fully saturated rings. The first-order valence-electron chi connectivity index (χ1n) is 8.26. The largest absolute Gasteiger partial charge is 0.550 e. The number of piperazine rings is 1. The highest BCUT2D eigenvalue weighted by atomic mass is 79.9. The molecule has 26 heavy (non-hydrogen) atoms. The zero-order chi connectivity index (χ0) is 18.8. The lowest BCUT2D eigenvalue weighted by Crippen LogP contribution is -2.59. The highest BCUT2D eigenvalue weighted by Crippen LogP contribution is 2.28. The third-order valence-electron chi connectivity index (χ3n) is 4.54. The van der Waals surface area contributed by atoms with Crippen LogP contribution in [0.4, 0.5) is 5.69 Å². The van der Waals surface area contributed by atoms with Crippen LogP contribution in [0.25, 0.3) is 0 Å². The number of benzene rings is 1. The Balaban J connectivity index is 1.74. The smallest absolute Gasteiger partial charge is 0.256 e. The van der Waals surface area contributed by atoms with Crippen LogP contribution in [-0.2, 0) is 14.4 Å². The summed E-state index contributed by atoms with van der Waals surface area (Å²) in [4.78, 5) is 51.1. The minimum atomic E-state index is -1.19. The van der Waals surface area contributed by atoms with Crippen LogP contribution in [0.2, 0.25) is 0 Å². The van der Waals surface area contributed by atoms with Crippen molar-refractivity contribution in [3.63, 3.8) is 0 Å². The molecule has 8 nitrogen and oxygen atoms in total. The topological polar surface area (TPSA) is 110 Å². The molecule has 0 radical (unpaired) electrons. The van der Waals surface area contributed by atoms with E-state index in [0.717, 1.165) is 4.47 Å². The van der Waals surface area contributed by atoms with Gasteiger partial charge in [-0.2, -0.15) is 0 Å². The van der Waals surface area contributed by atoms with Gasteiger partial charge in [-0.3, -0.25) is 14.4 Å². The van der Waals surface area contributed by atoms with Gasteiger partial charge in [-0.05, 0) is 31.0 Å². The van der Waals surface area contributed by atoms with E-state index in [2.05, 4.69) is 21.2 Å². The molecule has 3 amide bonds. The van der Waals surface area contributed by atoms with Crippen LogP contribution in [0.3, 0.4) is 0 Å². The third-order valence-corrected chi connectivity index (χ3v) is 5.03. The first kappa shape index (κ1) is 18.4. The maximum atomic E-state index is 12.8. The van der Waals surface area contributed by atoms with Gasteiger partial charge in [0.1, 0.15) is 6.04 Å². The predicted molar refractivity (Wildman–Crippen MR) is 93.0 cm³/mol. The summed E-state index contributed by atoms with van der Waals surface area (Å²) in [5.41, 5.74) is 0.855. The highest BCUT2D eigenvalue weighted by molar-refractivity contribution is 9.10. The second-order valence-corrected chi connectivity index (χ2v) is 7.17. The quantitative estimate of drug-likeness (QED) is 0.732. The summed E-state index contributed by atoms with van der Waals surface area (Å²) in [6.07, 6.45) is 0.0817. The number of nitrogens with one attached hydrogen (secondary N) is 1. The minimum Gasteiger partial charge on any atom is -0.550 e. The summed E-state index contributed by atoms with van der Waals surface area (Å²) < 4.78 is 0.735. The number of halogens is 1. The molecule has 9 heteroatoms. The van der Waals surface area contributed by atoms with Crippen molar-refractivity contribution < 1.29 is 24.3 Å². The second kappa shape index (κ2) is 7.45. The molecule has 1 aromatic carbocycles. The van der Waals surface area contributed by atoms with E-state index < -0.39 is 12.0 Å². The number of aliphatic carboxylic acids is 1. The van der Waals surface area contributed by atoms with Crippen LogP contribution < -0.4 is 10.4 Å². The fourth-order valence-corrected chi connectivity index (χ4v) is 3.55. The molecule has 1 N–H and O–H groups in total. The fourth-order valence-electron chi connectivity index (χ4n) is 3.19. The van der Waals surface area contributed by atoms with Gasteiger partial charge in [0.25, 0.3) is 5.91 Å². The zero-order valence-corrected chi connectivity index (χ0v) is 15.5. The number of carbonyl (C=O) groups is 4. The number of fused-ring (bicyclic) bond motifs is 2.